The Morgan fingerprint density at radius 2 is 1.66 bits per heavy atom. The summed E-state index contributed by atoms with van der Waals surface area (Å²) >= 11 is 1.69. The van der Waals surface area contributed by atoms with Crippen LogP contribution in [-0.4, -0.2) is 28.8 Å². The van der Waals surface area contributed by atoms with E-state index in [0.717, 1.165) is 16.7 Å². The SMILES string of the molecule is CC[C@H](NC(=O)CCc1ccc(-c2cccs2)cc1)C(=O)Cc1cccc(CC(=O)O)c1. The molecular formula is C26H27NO4S. The van der Waals surface area contributed by atoms with Crippen LogP contribution in [-0.2, 0) is 33.6 Å². The largest absolute Gasteiger partial charge is 0.481 e. The third-order valence-corrected chi connectivity index (χ3v) is 6.18. The lowest BCUT2D eigenvalue weighted by Crippen LogP contribution is -2.41. The van der Waals surface area contributed by atoms with Crippen LogP contribution in [0.15, 0.2) is 66.0 Å². The number of aryl methyl sites for hydroxylation is 1. The molecular weight excluding hydrogens is 422 g/mol. The lowest BCUT2D eigenvalue weighted by Gasteiger charge is -2.16. The fraction of sp³-hybridized carbons (Fsp3) is 0.269. The number of benzene rings is 2. The van der Waals surface area contributed by atoms with E-state index in [4.69, 9.17) is 5.11 Å². The lowest BCUT2D eigenvalue weighted by atomic mass is 9.99. The molecule has 1 amide bonds. The van der Waals surface area contributed by atoms with Gasteiger partial charge in [-0.1, -0.05) is 61.5 Å². The van der Waals surface area contributed by atoms with Crippen molar-refractivity contribution in [1.29, 1.82) is 0 Å². The van der Waals surface area contributed by atoms with Crippen molar-refractivity contribution in [1.82, 2.24) is 5.32 Å². The van der Waals surface area contributed by atoms with Gasteiger partial charge >= 0.3 is 5.97 Å². The molecule has 0 aliphatic rings. The number of amides is 1. The highest BCUT2D eigenvalue weighted by Gasteiger charge is 2.19. The number of carboxylic acid groups (broad SMARTS) is 1. The number of hydrogen-bond donors (Lipinski definition) is 2. The van der Waals surface area contributed by atoms with Gasteiger partial charge in [-0.25, -0.2) is 0 Å². The second kappa shape index (κ2) is 11.4. The van der Waals surface area contributed by atoms with E-state index in [9.17, 15) is 14.4 Å². The molecule has 1 atom stereocenters. The Kier molecular flexibility index (Phi) is 8.34. The number of hydrogen-bond acceptors (Lipinski definition) is 4. The average Bonchev–Trinajstić information content (AvgIpc) is 3.31. The summed E-state index contributed by atoms with van der Waals surface area (Å²) in [6, 6.07) is 18.8. The monoisotopic (exact) mass is 449 g/mol. The second-order valence-corrected chi connectivity index (χ2v) is 8.68. The number of carbonyl (C=O) groups is 3. The Morgan fingerprint density at radius 3 is 2.28 bits per heavy atom. The third-order valence-electron chi connectivity index (χ3n) is 5.26. The van der Waals surface area contributed by atoms with Crippen molar-refractivity contribution in [2.75, 3.05) is 0 Å². The van der Waals surface area contributed by atoms with Crippen molar-refractivity contribution in [2.45, 2.75) is 45.1 Å². The van der Waals surface area contributed by atoms with Crippen molar-refractivity contribution >= 4 is 29.0 Å². The molecule has 2 aromatic carbocycles. The van der Waals surface area contributed by atoms with Gasteiger partial charge in [-0.3, -0.25) is 14.4 Å². The van der Waals surface area contributed by atoms with Gasteiger partial charge in [0, 0.05) is 17.7 Å². The predicted octanol–water partition coefficient (Wildman–Crippen LogP) is 4.68. The van der Waals surface area contributed by atoms with Crippen LogP contribution in [0.25, 0.3) is 10.4 Å². The summed E-state index contributed by atoms with van der Waals surface area (Å²) in [4.78, 5) is 37.3. The quantitative estimate of drug-likeness (QED) is 0.445. The minimum Gasteiger partial charge on any atom is -0.481 e. The molecule has 2 N–H and O–H groups in total. The fourth-order valence-corrected chi connectivity index (χ4v) is 4.29. The molecule has 1 heterocycles. The minimum atomic E-state index is -0.909. The number of carboxylic acids is 1. The molecule has 6 heteroatoms. The van der Waals surface area contributed by atoms with Gasteiger partial charge in [-0.2, -0.15) is 0 Å². The zero-order valence-electron chi connectivity index (χ0n) is 18.0. The average molecular weight is 450 g/mol. The standard InChI is InChI=1S/C26H27NO4S/c1-2-22(23(28)16-19-5-3-6-20(15-19)17-26(30)31)27-25(29)13-10-18-8-11-21(12-9-18)24-7-4-14-32-24/h3-9,11-12,14-15,22H,2,10,13,16-17H2,1H3,(H,27,29)(H,30,31)/t22-/m0/s1. The summed E-state index contributed by atoms with van der Waals surface area (Å²) < 4.78 is 0. The highest BCUT2D eigenvalue weighted by molar-refractivity contribution is 7.13. The molecule has 0 bridgehead atoms. The number of Topliss-reactive ketones (excluding diaryl/α,β-unsaturated/α-hetero) is 1. The van der Waals surface area contributed by atoms with Gasteiger partial charge in [0.25, 0.3) is 0 Å². The Bertz CT molecular complexity index is 1060. The Balaban J connectivity index is 1.50. The van der Waals surface area contributed by atoms with Gasteiger partial charge in [-0.15, -0.1) is 11.3 Å². The van der Waals surface area contributed by atoms with Crippen molar-refractivity contribution in [3.05, 3.63) is 82.7 Å². The first-order valence-corrected chi connectivity index (χ1v) is 11.6. The van der Waals surface area contributed by atoms with E-state index in [1.165, 1.54) is 4.88 Å². The Labute approximate surface area is 192 Å². The van der Waals surface area contributed by atoms with Gasteiger partial charge in [-0.05, 0) is 46.5 Å². The van der Waals surface area contributed by atoms with Gasteiger partial charge in [0.1, 0.15) is 0 Å². The normalized spacial score (nSPS) is 11.7. The molecule has 0 saturated heterocycles. The van der Waals surface area contributed by atoms with Crippen molar-refractivity contribution in [2.24, 2.45) is 0 Å². The zero-order chi connectivity index (χ0) is 22.9. The maximum absolute atomic E-state index is 12.7. The topological polar surface area (TPSA) is 83.5 Å². The predicted molar refractivity (Wildman–Crippen MR) is 127 cm³/mol. The molecule has 166 valence electrons. The summed E-state index contributed by atoms with van der Waals surface area (Å²) in [6.07, 6.45) is 1.52. The number of nitrogens with one attached hydrogen (secondary N) is 1. The molecule has 3 aromatic rings. The summed E-state index contributed by atoms with van der Waals surface area (Å²) in [5, 5.41) is 13.8. The minimum absolute atomic E-state index is 0.0753. The molecule has 0 fully saturated rings. The molecule has 3 rings (SSSR count). The highest BCUT2D eigenvalue weighted by atomic mass is 32.1. The van der Waals surface area contributed by atoms with Crippen LogP contribution in [0.2, 0.25) is 0 Å². The van der Waals surface area contributed by atoms with Gasteiger partial charge in [0.2, 0.25) is 5.91 Å². The van der Waals surface area contributed by atoms with Crippen LogP contribution in [0.4, 0.5) is 0 Å². The molecule has 0 spiro atoms. The summed E-state index contributed by atoms with van der Waals surface area (Å²) in [6.45, 7) is 1.87. The van der Waals surface area contributed by atoms with E-state index in [1.807, 2.05) is 30.5 Å². The van der Waals surface area contributed by atoms with Crippen LogP contribution < -0.4 is 5.32 Å². The van der Waals surface area contributed by atoms with Crippen LogP contribution in [0.3, 0.4) is 0 Å². The zero-order valence-corrected chi connectivity index (χ0v) is 18.9. The number of aliphatic carboxylic acids is 1. The molecule has 0 aliphatic heterocycles. The van der Waals surface area contributed by atoms with E-state index >= 15 is 0 Å². The van der Waals surface area contributed by atoms with Crippen LogP contribution in [0.1, 0.15) is 36.5 Å². The Morgan fingerprint density at radius 1 is 0.938 bits per heavy atom. The number of carbonyl (C=O) groups excluding carboxylic acids is 2. The van der Waals surface area contributed by atoms with E-state index in [0.29, 0.717) is 24.8 Å². The first-order valence-electron chi connectivity index (χ1n) is 10.7. The number of thiophene rings is 1. The third kappa shape index (κ3) is 6.89. The molecule has 1 aromatic heterocycles. The van der Waals surface area contributed by atoms with Crippen LogP contribution in [0, 0.1) is 0 Å². The van der Waals surface area contributed by atoms with Crippen LogP contribution >= 0.6 is 11.3 Å². The second-order valence-electron chi connectivity index (χ2n) is 7.74. The van der Waals surface area contributed by atoms with Gasteiger partial charge in [0.05, 0.1) is 12.5 Å². The lowest BCUT2D eigenvalue weighted by molar-refractivity contribution is -0.136. The number of rotatable bonds is 11. The summed E-state index contributed by atoms with van der Waals surface area (Å²) in [7, 11) is 0. The molecule has 32 heavy (non-hydrogen) atoms. The van der Waals surface area contributed by atoms with Crippen LogP contribution in [0.5, 0.6) is 0 Å². The van der Waals surface area contributed by atoms with Gasteiger partial charge in [0.15, 0.2) is 5.78 Å². The Hall–Kier alpha value is -3.25. The molecule has 0 saturated carbocycles. The van der Waals surface area contributed by atoms with Gasteiger partial charge < -0.3 is 10.4 Å². The maximum atomic E-state index is 12.7. The molecule has 0 radical (unpaired) electrons. The molecule has 5 nitrogen and oxygen atoms in total. The van der Waals surface area contributed by atoms with Crippen molar-refractivity contribution in [3.63, 3.8) is 0 Å². The smallest absolute Gasteiger partial charge is 0.307 e. The van der Waals surface area contributed by atoms with Crippen molar-refractivity contribution in [3.8, 4) is 10.4 Å². The summed E-state index contributed by atoms with van der Waals surface area (Å²) in [5.41, 5.74) is 3.66. The van der Waals surface area contributed by atoms with E-state index in [1.54, 1.807) is 35.6 Å². The maximum Gasteiger partial charge on any atom is 0.307 e. The number of ketones is 1. The van der Waals surface area contributed by atoms with E-state index < -0.39 is 12.0 Å². The highest BCUT2D eigenvalue weighted by Crippen LogP contribution is 2.24. The first-order chi connectivity index (χ1) is 15.4. The first kappa shape index (κ1) is 23.4. The molecule has 0 unspecified atom stereocenters. The van der Waals surface area contributed by atoms with E-state index in [-0.39, 0.29) is 24.5 Å². The molecule has 0 aliphatic carbocycles. The van der Waals surface area contributed by atoms with E-state index in [2.05, 4.69) is 23.5 Å². The summed E-state index contributed by atoms with van der Waals surface area (Å²) in [5.74, 6) is -1.13. The van der Waals surface area contributed by atoms with Crippen molar-refractivity contribution < 1.29 is 19.5 Å². The fourth-order valence-electron chi connectivity index (χ4n) is 3.56.